The highest BCUT2D eigenvalue weighted by Crippen LogP contribution is 1.86. The quantitative estimate of drug-likeness (QED) is 0.401. The van der Waals surface area contributed by atoms with Gasteiger partial charge in [0.25, 0.3) is 0 Å². The van der Waals surface area contributed by atoms with Gasteiger partial charge in [0.1, 0.15) is 0 Å². The first-order valence-corrected chi connectivity index (χ1v) is 4.96. The molecule has 0 rings (SSSR count). The van der Waals surface area contributed by atoms with Gasteiger partial charge in [0.2, 0.25) is 16.3 Å². The summed E-state index contributed by atoms with van der Waals surface area (Å²) in [6.07, 6.45) is 4.30. The van der Waals surface area contributed by atoms with E-state index in [-0.39, 0.29) is 0 Å². The van der Waals surface area contributed by atoms with Crippen LogP contribution in [0.3, 0.4) is 0 Å². The standard InChI is InChI=1S/C4H9.CH3Cl.Al.2H/c1-3-4-2;1-2;;;/h1,3-4H2,2H3;1H3;;;. The van der Waals surface area contributed by atoms with Crippen LogP contribution in [0.5, 0.6) is 0 Å². The predicted molar refractivity (Wildman–Crippen MR) is 40.0 cm³/mol. The lowest BCUT2D eigenvalue weighted by molar-refractivity contribution is 0.884. The Hall–Kier alpha value is 0.822. The highest BCUT2D eigenvalue weighted by Gasteiger charge is 1.69. The number of rotatable bonds is 2. The van der Waals surface area contributed by atoms with Crippen molar-refractivity contribution in [3.63, 3.8) is 0 Å². The highest BCUT2D eigenvalue weighted by molar-refractivity contribution is 6.15. The number of halogens is 1. The Morgan fingerprint density at radius 2 is 1.86 bits per heavy atom. The molecular weight excluding hydrogens is 122 g/mol. The zero-order chi connectivity index (χ0) is 6.12. The van der Waals surface area contributed by atoms with E-state index in [1.165, 1.54) is 40.8 Å². The normalized spacial score (nSPS) is 6.71. The molecule has 0 saturated heterocycles. The van der Waals surface area contributed by atoms with E-state index >= 15 is 0 Å². The molecule has 0 unspecified atom stereocenters. The van der Waals surface area contributed by atoms with E-state index in [0.717, 1.165) is 0 Å². The van der Waals surface area contributed by atoms with Gasteiger partial charge in [0.05, 0.1) is 0 Å². The van der Waals surface area contributed by atoms with Gasteiger partial charge in [-0.1, -0.05) is 19.8 Å². The third-order valence-electron chi connectivity index (χ3n) is 0.707. The summed E-state index contributed by atoms with van der Waals surface area (Å²) in [6, 6.07) is 0. The zero-order valence-electron chi connectivity index (χ0n) is 5.50. The monoisotopic (exact) mass is 136 g/mol. The van der Waals surface area contributed by atoms with Gasteiger partial charge in [-0.2, -0.15) is 0 Å². The summed E-state index contributed by atoms with van der Waals surface area (Å²) in [5.41, 5.74) is 0. The molecule has 0 aliphatic carbocycles. The van der Waals surface area contributed by atoms with Gasteiger partial charge < -0.3 is 0 Å². The van der Waals surface area contributed by atoms with Crippen LogP contribution in [0.4, 0.5) is 0 Å². The van der Waals surface area contributed by atoms with Crippen molar-refractivity contribution in [3.05, 3.63) is 0 Å². The van der Waals surface area contributed by atoms with Crippen molar-refractivity contribution in [2.75, 3.05) is 6.38 Å². The molecule has 0 aromatic heterocycles. The topological polar surface area (TPSA) is 0 Å². The Morgan fingerprint density at radius 3 is 1.86 bits per heavy atom. The van der Waals surface area contributed by atoms with E-state index < -0.39 is 0 Å². The molecule has 0 fully saturated rings. The molecule has 0 atom stereocenters. The summed E-state index contributed by atoms with van der Waals surface area (Å²) in [7, 11) is 0. The van der Waals surface area contributed by atoms with Gasteiger partial charge in [-0.15, -0.1) is 16.9 Å². The van der Waals surface area contributed by atoms with Crippen molar-refractivity contribution >= 4 is 27.9 Å². The highest BCUT2D eigenvalue weighted by atomic mass is 35.5. The summed E-state index contributed by atoms with van der Waals surface area (Å²) in [5, 5.41) is 1.48. The van der Waals surface area contributed by atoms with Crippen LogP contribution < -0.4 is 0 Å². The van der Waals surface area contributed by atoms with Crippen LogP contribution in [0.1, 0.15) is 19.8 Å². The van der Waals surface area contributed by atoms with Gasteiger partial charge in [-0.3, -0.25) is 0 Å². The maximum atomic E-state index is 4.64. The van der Waals surface area contributed by atoms with Crippen LogP contribution in [0.15, 0.2) is 0 Å². The summed E-state index contributed by atoms with van der Waals surface area (Å²) >= 11 is 6.04. The van der Waals surface area contributed by atoms with Crippen LogP contribution in [0.2, 0.25) is 5.28 Å². The summed E-state index contributed by atoms with van der Waals surface area (Å²) in [5.74, 6) is 0. The van der Waals surface area contributed by atoms with Gasteiger partial charge in [0.15, 0.2) is 0 Å². The molecule has 0 radical (unpaired) electrons. The Bertz CT molecular complexity index is 15.6. The molecule has 0 saturated carbocycles. The predicted octanol–water partition coefficient (Wildman–Crippen LogP) is 1.69. The van der Waals surface area contributed by atoms with E-state index in [0.29, 0.717) is 0 Å². The first-order chi connectivity index (χ1) is 3.41. The second kappa shape index (κ2) is 15.8. The lowest BCUT2D eigenvalue weighted by atomic mass is 10.4. The second-order valence-corrected chi connectivity index (χ2v) is 2.35. The molecule has 0 aromatic rings. The SMILES string of the molecule is CCC[CH2][AlH2].CCl. The lowest BCUT2D eigenvalue weighted by Gasteiger charge is -1.78. The molecule has 0 spiro atoms. The van der Waals surface area contributed by atoms with Crippen LogP contribution in [-0.2, 0) is 0 Å². The lowest BCUT2D eigenvalue weighted by Crippen LogP contribution is -1.63. The average molecular weight is 137 g/mol. The van der Waals surface area contributed by atoms with Gasteiger partial charge in [-0.05, 0) is 0 Å². The van der Waals surface area contributed by atoms with Crippen LogP contribution in [0, 0.1) is 0 Å². The summed E-state index contributed by atoms with van der Waals surface area (Å²) < 4.78 is 0. The number of alkyl halides is 1. The molecule has 0 heterocycles. The van der Waals surface area contributed by atoms with E-state index in [9.17, 15) is 0 Å². The van der Waals surface area contributed by atoms with Crippen molar-refractivity contribution in [1.29, 1.82) is 0 Å². The first-order valence-electron chi connectivity index (χ1n) is 2.79. The summed E-state index contributed by atoms with van der Waals surface area (Å²) in [4.78, 5) is 0. The third kappa shape index (κ3) is 19.9. The minimum Gasteiger partial charge on any atom is -0.130 e. The molecule has 7 heavy (non-hydrogen) atoms. The molecule has 0 aliphatic rings. The molecule has 0 aliphatic heterocycles. The molecule has 0 N–H and O–H groups in total. The third-order valence-corrected chi connectivity index (χ3v) is 1.41. The van der Waals surface area contributed by atoms with Crippen molar-refractivity contribution in [3.8, 4) is 0 Å². The molecule has 0 bridgehead atoms. The summed E-state index contributed by atoms with van der Waals surface area (Å²) in [6.45, 7) is 2.23. The molecular formula is C5H14AlCl. The fraction of sp³-hybridized carbons (Fsp3) is 1.00. The maximum absolute atomic E-state index is 4.64. The number of hydrogen-bond acceptors (Lipinski definition) is 0. The maximum Gasteiger partial charge on any atom is 0.211 e. The van der Waals surface area contributed by atoms with Crippen molar-refractivity contribution in [1.82, 2.24) is 0 Å². The second-order valence-electron chi connectivity index (χ2n) is 1.35. The minimum atomic E-state index is 1.38. The molecule has 0 nitrogen and oxygen atoms in total. The van der Waals surface area contributed by atoms with Crippen LogP contribution in [0.25, 0.3) is 0 Å². The smallest absolute Gasteiger partial charge is 0.130 e. The van der Waals surface area contributed by atoms with Crippen molar-refractivity contribution < 1.29 is 0 Å². The van der Waals surface area contributed by atoms with Gasteiger partial charge in [0, 0.05) is 6.38 Å². The number of unbranched alkanes of at least 4 members (excludes halogenated alkanes) is 1. The van der Waals surface area contributed by atoms with E-state index in [1.807, 2.05) is 0 Å². The largest absolute Gasteiger partial charge is 0.211 e. The van der Waals surface area contributed by atoms with E-state index in [1.54, 1.807) is 0 Å². The Balaban J connectivity index is 0. The van der Waals surface area contributed by atoms with Crippen molar-refractivity contribution in [2.24, 2.45) is 0 Å². The molecule has 2 heteroatoms. The van der Waals surface area contributed by atoms with Gasteiger partial charge >= 0.3 is 0 Å². The first kappa shape index (κ1) is 10.7. The number of hydrogen-bond donors (Lipinski definition) is 0. The average Bonchev–Trinajstić information content (AvgIpc) is 1.75. The fourth-order valence-corrected chi connectivity index (χ4v) is 1.06. The Labute approximate surface area is 59.7 Å². The van der Waals surface area contributed by atoms with Gasteiger partial charge in [-0.25, -0.2) is 0 Å². The fourth-order valence-electron chi connectivity index (χ4n) is 0.354. The molecule has 0 amide bonds. The van der Waals surface area contributed by atoms with E-state index in [2.05, 4.69) is 18.5 Å². The van der Waals surface area contributed by atoms with Crippen molar-refractivity contribution in [2.45, 2.75) is 25.0 Å². The Morgan fingerprint density at radius 1 is 1.43 bits per heavy atom. The van der Waals surface area contributed by atoms with Crippen LogP contribution >= 0.6 is 11.6 Å². The van der Waals surface area contributed by atoms with Crippen LogP contribution in [-0.4, -0.2) is 22.7 Å². The minimum absolute atomic E-state index is 1.38. The zero-order valence-corrected chi connectivity index (χ0v) is 8.26. The Kier molecular flexibility index (Phi) is 24.3. The van der Waals surface area contributed by atoms with E-state index in [4.69, 9.17) is 0 Å². The molecule has 0 aromatic carbocycles. The molecule has 44 valence electrons.